The van der Waals surface area contributed by atoms with Crippen LogP contribution < -0.4 is 0 Å². The highest BCUT2D eigenvalue weighted by atomic mass is 16.4. The Morgan fingerprint density at radius 3 is 2.37 bits per heavy atom. The average Bonchev–Trinajstić information content (AvgIpc) is 3.15. The zero-order valence-corrected chi connectivity index (χ0v) is 14.3. The van der Waals surface area contributed by atoms with Gasteiger partial charge in [-0.1, -0.05) is 36.4 Å². The van der Waals surface area contributed by atoms with Gasteiger partial charge in [0.2, 0.25) is 5.78 Å². The molecule has 0 bridgehead atoms. The number of hydrogen-bond donors (Lipinski definition) is 1. The molecule has 0 fully saturated rings. The maximum atomic E-state index is 12.4. The number of nitrogens with zero attached hydrogens (tertiary/aromatic N) is 4. The van der Waals surface area contributed by atoms with Gasteiger partial charge in [0.15, 0.2) is 12.1 Å². The van der Waals surface area contributed by atoms with E-state index in [1.807, 2.05) is 36.4 Å². The zero-order chi connectivity index (χ0) is 19.2. The minimum absolute atomic E-state index is 0.285. The van der Waals surface area contributed by atoms with Crippen LogP contribution in [0.5, 0.6) is 0 Å². The molecule has 0 radical (unpaired) electrons. The molecule has 8 heteroatoms. The van der Waals surface area contributed by atoms with Crippen molar-refractivity contribution in [3.8, 4) is 0 Å². The van der Waals surface area contributed by atoms with Gasteiger partial charge in [-0.2, -0.15) is 4.80 Å². The molecule has 1 aromatic heterocycles. The third kappa shape index (κ3) is 4.91. The minimum atomic E-state index is -1.61. The number of carboxylic acids is 1. The molecule has 27 heavy (non-hydrogen) atoms. The Balaban J connectivity index is 1.90. The van der Waals surface area contributed by atoms with Crippen molar-refractivity contribution in [2.45, 2.75) is 19.4 Å². The molecule has 8 nitrogen and oxygen atoms in total. The van der Waals surface area contributed by atoms with Crippen molar-refractivity contribution >= 4 is 17.5 Å². The summed E-state index contributed by atoms with van der Waals surface area (Å²) in [6.45, 7) is 0.301. The van der Waals surface area contributed by atoms with Crippen molar-refractivity contribution < 1.29 is 19.5 Å². The van der Waals surface area contributed by atoms with E-state index in [9.17, 15) is 14.4 Å². The number of rotatable bonds is 8. The SMILES string of the molecule is O=C(O)C(=O)CC(=O)c1cc(Cc2ccccc2)cc(Cn2ncnn2)c1. The second-order valence-electron chi connectivity index (χ2n) is 6.00. The van der Waals surface area contributed by atoms with E-state index in [1.165, 1.54) is 11.1 Å². The fourth-order valence-corrected chi connectivity index (χ4v) is 2.70. The first-order chi connectivity index (χ1) is 13.0. The van der Waals surface area contributed by atoms with Gasteiger partial charge in [-0.3, -0.25) is 9.59 Å². The molecule has 0 atom stereocenters. The molecule has 0 aliphatic heterocycles. The van der Waals surface area contributed by atoms with Crippen molar-refractivity contribution in [1.29, 1.82) is 0 Å². The van der Waals surface area contributed by atoms with E-state index in [0.29, 0.717) is 13.0 Å². The van der Waals surface area contributed by atoms with Crippen LogP contribution in [0.15, 0.2) is 54.9 Å². The van der Waals surface area contributed by atoms with Gasteiger partial charge in [0.05, 0.1) is 13.0 Å². The van der Waals surface area contributed by atoms with Crippen molar-refractivity contribution in [2.75, 3.05) is 0 Å². The van der Waals surface area contributed by atoms with E-state index < -0.39 is 24.0 Å². The van der Waals surface area contributed by atoms with Crippen molar-refractivity contribution in [3.05, 3.63) is 77.1 Å². The van der Waals surface area contributed by atoms with Crippen LogP contribution in [-0.2, 0) is 22.6 Å². The Hall–Kier alpha value is -3.68. The molecule has 1 N–H and O–H groups in total. The summed E-state index contributed by atoms with van der Waals surface area (Å²) in [6, 6.07) is 14.9. The van der Waals surface area contributed by atoms with Crippen LogP contribution in [0.25, 0.3) is 0 Å². The molecule has 0 saturated heterocycles. The number of benzene rings is 2. The summed E-state index contributed by atoms with van der Waals surface area (Å²) in [6.07, 6.45) is 1.23. The second-order valence-corrected chi connectivity index (χ2v) is 6.00. The summed E-state index contributed by atoms with van der Waals surface area (Å²) < 4.78 is 0. The van der Waals surface area contributed by atoms with Crippen LogP contribution >= 0.6 is 0 Å². The quantitative estimate of drug-likeness (QED) is 0.366. The fourth-order valence-electron chi connectivity index (χ4n) is 2.70. The minimum Gasteiger partial charge on any atom is -0.475 e. The zero-order valence-electron chi connectivity index (χ0n) is 14.3. The maximum Gasteiger partial charge on any atom is 0.372 e. The van der Waals surface area contributed by atoms with E-state index >= 15 is 0 Å². The van der Waals surface area contributed by atoms with E-state index in [2.05, 4.69) is 15.4 Å². The van der Waals surface area contributed by atoms with E-state index in [1.54, 1.807) is 12.1 Å². The molecule has 3 rings (SSSR count). The average molecular weight is 364 g/mol. The highest BCUT2D eigenvalue weighted by Gasteiger charge is 2.19. The fraction of sp³-hybridized carbons (Fsp3) is 0.158. The number of hydrogen-bond acceptors (Lipinski definition) is 6. The van der Waals surface area contributed by atoms with Crippen molar-refractivity contribution in [3.63, 3.8) is 0 Å². The molecular formula is C19H16N4O4. The summed E-state index contributed by atoms with van der Waals surface area (Å²) in [4.78, 5) is 35.9. The number of carbonyl (C=O) groups excluding carboxylic acids is 2. The molecule has 3 aromatic rings. The van der Waals surface area contributed by atoms with Crippen LogP contribution in [0.4, 0.5) is 0 Å². The van der Waals surface area contributed by atoms with E-state index in [4.69, 9.17) is 5.11 Å². The summed E-state index contributed by atoms with van der Waals surface area (Å²) >= 11 is 0. The smallest absolute Gasteiger partial charge is 0.372 e. The topological polar surface area (TPSA) is 115 Å². The predicted molar refractivity (Wildman–Crippen MR) is 94.2 cm³/mol. The van der Waals surface area contributed by atoms with Gasteiger partial charge in [-0.15, -0.1) is 10.2 Å². The van der Waals surface area contributed by atoms with Crippen molar-refractivity contribution in [1.82, 2.24) is 20.2 Å². The van der Waals surface area contributed by atoms with Crippen LogP contribution in [0, 0.1) is 0 Å². The van der Waals surface area contributed by atoms with Crippen LogP contribution in [0.1, 0.15) is 33.5 Å². The molecule has 1 heterocycles. The molecule has 136 valence electrons. The van der Waals surface area contributed by atoms with Gasteiger partial charge < -0.3 is 5.11 Å². The van der Waals surface area contributed by atoms with E-state index in [-0.39, 0.29) is 5.56 Å². The lowest BCUT2D eigenvalue weighted by atomic mass is 9.96. The maximum absolute atomic E-state index is 12.4. The highest BCUT2D eigenvalue weighted by Crippen LogP contribution is 2.17. The van der Waals surface area contributed by atoms with Crippen LogP contribution in [0.2, 0.25) is 0 Å². The Bertz CT molecular complexity index is 969. The molecule has 2 aromatic carbocycles. The molecule has 0 amide bonds. The number of Topliss-reactive ketones (excluding diaryl/α,β-unsaturated/α-hetero) is 2. The van der Waals surface area contributed by atoms with Crippen LogP contribution in [0.3, 0.4) is 0 Å². The molecular weight excluding hydrogens is 348 g/mol. The monoisotopic (exact) mass is 364 g/mol. The number of ketones is 2. The van der Waals surface area contributed by atoms with Crippen LogP contribution in [-0.4, -0.2) is 42.8 Å². The first kappa shape index (κ1) is 18.1. The number of aliphatic carboxylic acids is 1. The summed E-state index contributed by atoms with van der Waals surface area (Å²) in [7, 11) is 0. The Morgan fingerprint density at radius 2 is 1.70 bits per heavy atom. The summed E-state index contributed by atoms with van der Waals surface area (Å²) in [5.41, 5.74) is 2.97. The van der Waals surface area contributed by atoms with Gasteiger partial charge in [0, 0.05) is 5.56 Å². The lowest BCUT2D eigenvalue weighted by Gasteiger charge is -2.09. The number of tetrazole rings is 1. The number of carbonyl (C=O) groups is 3. The Kier molecular flexibility index (Phi) is 5.46. The molecule has 0 saturated carbocycles. The normalized spacial score (nSPS) is 10.5. The highest BCUT2D eigenvalue weighted by molar-refractivity contribution is 6.37. The van der Waals surface area contributed by atoms with Gasteiger partial charge in [0.25, 0.3) is 0 Å². The standard InChI is InChI=1S/C19H16N4O4/c24-17(10-18(25)19(26)27)16-8-14(6-13-4-2-1-3-5-13)7-15(9-16)11-23-21-12-20-22-23/h1-5,7-9,12H,6,10-11H2,(H,26,27). The summed E-state index contributed by atoms with van der Waals surface area (Å²) in [5, 5.41) is 20.1. The van der Waals surface area contributed by atoms with Gasteiger partial charge in [0.1, 0.15) is 0 Å². The first-order valence-electron chi connectivity index (χ1n) is 8.18. The second kappa shape index (κ2) is 8.13. The number of carboxylic acid groups (broad SMARTS) is 1. The Morgan fingerprint density at radius 1 is 0.963 bits per heavy atom. The third-order valence-corrected chi connectivity index (χ3v) is 3.90. The largest absolute Gasteiger partial charge is 0.475 e. The van der Waals surface area contributed by atoms with E-state index in [0.717, 1.165) is 16.7 Å². The van der Waals surface area contributed by atoms with Gasteiger partial charge in [-0.25, -0.2) is 4.79 Å². The molecule has 0 aliphatic carbocycles. The third-order valence-electron chi connectivity index (χ3n) is 3.90. The van der Waals surface area contributed by atoms with Gasteiger partial charge >= 0.3 is 5.97 Å². The number of aromatic nitrogens is 4. The molecule has 0 aliphatic rings. The van der Waals surface area contributed by atoms with Crippen molar-refractivity contribution in [2.24, 2.45) is 0 Å². The Labute approximate surface area is 154 Å². The summed E-state index contributed by atoms with van der Waals surface area (Å²) in [5.74, 6) is -3.28. The predicted octanol–water partition coefficient (Wildman–Crippen LogP) is 1.54. The lowest BCUT2D eigenvalue weighted by molar-refractivity contribution is -0.148. The first-order valence-corrected chi connectivity index (χ1v) is 8.18. The molecule has 0 spiro atoms. The lowest BCUT2D eigenvalue weighted by Crippen LogP contribution is -2.17. The van der Waals surface area contributed by atoms with Gasteiger partial charge in [-0.05, 0) is 40.5 Å². The molecule has 0 unspecified atom stereocenters.